The highest BCUT2D eigenvalue weighted by Gasteiger charge is 2.13. The average Bonchev–Trinajstić information content (AvgIpc) is 3.07. The number of methoxy groups -OCH3 is 1. The van der Waals surface area contributed by atoms with Crippen molar-refractivity contribution in [3.05, 3.63) is 88.4 Å². The van der Waals surface area contributed by atoms with E-state index in [1.165, 1.54) is 0 Å². The minimum Gasteiger partial charge on any atom is -0.494 e. The van der Waals surface area contributed by atoms with Gasteiger partial charge in [0, 0.05) is 17.6 Å². The molecule has 0 aliphatic carbocycles. The molecule has 0 aliphatic rings. The summed E-state index contributed by atoms with van der Waals surface area (Å²) in [5.74, 6) is 0.561. The quantitative estimate of drug-likeness (QED) is 0.509. The molecule has 0 aliphatic heterocycles. The number of ether oxygens (including phenoxy) is 1. The van der Waals surface area contributed by atoms with Crippen LogP contribution in [0.3, 0.4) is 0 Å². The van der Waals surface area contributed by atoms with E-state index in [2.05, 4.69) is 40.5 Å². The second kappa shape index (κ2) is 8.60. The van der Waals surface area contributed by atoms with Crippen molar-refractivity contribution in [2.45, 2.75) is 33.9 Å². The average molecular weight is 415 g/mol. The highest BCUT2D eigenvalue weighted by Crippen LogP contribution is 2.25. The number of aryl methyl sites for hydroxylation is 3. The van der Waals surface area contributed by atoms with Crippen molar-refractivity contribution < 1.29 is 9.53 Å². The van der Waals surface area contributed by atoms with E-state index in [9.17, 15) is 4.79 Å². The van der Waals surface area contributed by atoms with Crippen molar-refractivity contribution in [1.82, 2.24) is 20.1 Å². The van der Waals surface area contributed by atoms with Crippen LogP contribution in [0.5, 0.6) is 5.75 Å². The maximum atomic E-state index is 12.9. The van der Waals surface area contributed by atoms with E-state index in [1.807, 2.05) is 54.9 Å². The maximum absolute atomic E-state index is 12.9. The number of para-hydroxylation sites is 1. The Kier molecular flexibility index (Phi) is 5.71. The molecule has 4 rings (SSSR count). The molecule has 0 spiro atoms. The van der Waals surface area contributed by atoms with E-state index < -0.39 is 0 Å². The zero-order valence-electron chi connectivity index (χ0n) is 18.3. The lowest BCUT2D eigenvalue weighted by Crippen LogP contribution is -2.24. The van der Waals surface area contributed by atoms with Crippen LogP contribution in [0.1, 0.15) is 38.6 Å². The summed E-state index contributed by atoms with van der Waals surface area (Å²) in [6, 6.07) is 17.8. The number of rotatable bonds is 6. The van der Waals surface area contributed by atoms with Crippen LogP contribution in [-0.4, -0.2) is 27.8 Å². The van der Waals surface area contributed by atoms with Gasteiger partial charge in [0.1, 0.15) is 11.3 Å². The summed E-state index contributed by atoms with van der Waals surface area (Å²) >= 11 is 0. The number of nitrogens with one attached hydrogen (secondary N) is 1. The first-order valence-corrected chi connectivity index (χ1v) is 10.3. The Hall–Kier alpha value is -3.67. The van der Waals surface area contributed by atoms with Crippen LogP contribution in [0.15, 0.2) is 54.6 Å². The number of aromatic nitrogens is 3. The second-order valence-electron chi connectivity index (χ2n) is 7.74. The van der Waals surface area contributed by atoms with Gasteiger partial charge in [-0.2, -0.15) is 5.10 Å². The molecule has 0 saturated heterocycles. The third-order valence-corrected chi connectivity index (χ3v) is 5.34. The van der Waals surface area contributed by atoms with Crippen LogP contribution in [0, 0.1) is 20.8 Å². The van der Waals surface area contributed by atoms with Gasteiger partial charge < -0.3 is 10.1 Å². The van der Waals surface area contributed by atoms with Crippen molar-refractivity contribution >= 4 is 16.8 Å². The number of hydrogen-bond acceptors (Lipinski definition) is 4. The van der Waals surface area contributed by atoms with Gasteiger partial charge in [0.2, 0.25) is 0 Å². The molecule has 1 amide bonds. The van der Waals surface area contributed by atoms with Gasteiger partial charge in [0.05, 0.1) is 30.6 Å². The highest BCUT2D eigenvalue weighted by molar-refractivity contribution is 5.99. The molecule has 4 aromatic rings. The molecule has 2 heterocycles. The second-order valence-corrected chi connectivity index (χ2v) is 7.74. The Morgan fingerprint density at radius 1 is 1.03 bits per heavy atom. The smallest absolute Gasteiger partial charge is 0.253 e. The molecule has 1 N–H and O–H groups in total. The summed E-state index contributed by atoms with van der Waals surface area (Å²) < 4.78 is 7.37. The Labute approximate surface area is 181 Å². The Morgan fingerprint density at radius 3 is 2.55 bits per heavy atom. The highest BCUT2D eigenvalue weighted by atomic mass is 16.5. The SMILES string of the molecule is COc1cccc2cc(C(=O)NCc3cccc(Cn4nc(C)cc4C)c3)c(C)nc12. The first-order chi connectivity index (χ1) is 14.9. The van der Waals surface area contributed by atoms with Crippen molar-refractivity contribution in [3.63, 3.8) is 0 Å². The fourth-order valence-electron chi connectivity index (χ4n) is 3.78. The van der Waals surface area contributed by atoms with Gasteiger partial charge in [-0.25, -0.2) is 4.98 Å². The number of carbonyl (C=O) groups excluding carboxylic acids is 1. The zero-order chi connectivity index (χ0) is 22.0. The van der Waals surface area contributed by atoms with Gasteiger partial charge in [0.15, 0.2) is 0 Å². The Balaban J connectivity index is 1.49. The van der Waals surface area contributed by atoms with E-state index in [-0.39, 0.29) is 5.91 Å². The lowest BCUT2D eigenvalue weighted by Gasteiger charge is -2.11. The lowest BCUT2D eigenvalue weighted by atomic mass is 10.1. The molecule has 158 valence electrons. The number of carbonyl (C=O) groups is 1. The van der Waals surface area contributed by atoms with Crippen LogP contribution >= 0.6 is 0 Å². The molecule has 0 unspecified atom stereocenters. The molecule has 0 bridgehead atoms. The van der Waals surface area contributed by atoms with Crippen LogP contribution in [0.25, 0.3) is 10.9 Å². The number of amides is 1. The largest absolute Gasteiger partial charge is 0.494 e. The summed E-state index contributed by atoms with van der Waals surface area (Å²) in [6.07, 6.45) is 0. The predicted octanol–water partition coefficient (Wildman–Crippen LogP) is 4.34. The number of pyridine rings is 1. The molecule has 0 saturated carbocycles. The lowest BCUT2D eigenvalue weighted by molar-refractivity contribution is 0.0950. The van der Waals surface area contributed by atoms with Crippen LogP contribution in [-0.2, 0) is 13.1 Å². The van der Waals surface area contributed by atoms with Gasteiger partial charge in [-0.05, 0) is 50.1 Å². The van der Waals surface area contributed by atoms with E-state index >= 15 is 0 Å². The first kappa shape index (κ1) is 20.6. The molecular formula is C25H26N4O2. The van der Waals surface area contributed by atoms with E-state index in [0.29, 0.717) is 30.1 Å². The maximum Gasteiger partial charge on any atom is 0.253 e. The van der Waals surface area contributed by atoms with Crippen molar-refractivity contribution in [1.29, 1.82) is 0 Å². The molecule has 31 heavy (non-hydrogen) atoms. The van der Waals surface area contributed by atoms with Gasteiger partial charge in [-0.1, -0.05) is 36.4 Å². The summed E-state index contributed by atoms with van der Waals surface area (Å²) in [7, 11) is 1.62. The van der Waals surface area contributed by atoms with E-state index in [0.717, 1.165) is 33.4 Å². The van der Waals surface area contributed by atoms with Gasteiger partial charge in [0.25, 0.3) is 5.91 Å². The minimum absolute atomic E-state index is 0.140. The molecule has 0 atom stereocenters. The van der Waals surface area contributed by atoms with Crippen LogP contribution < -0.4 is 10.1 Å². The molecular weight excluding hydrogens is 388 g/mol. The normalized spacial score (nSPS) is 11.0. The topological polar surface area (TPSA) is 69.0 Å². The summed E-state index contributed by atoms with van der Waals surface area (Å²) in [4.78, 5) is 17.5. The van der Waals surface area contributed by atoms with Gasteiger partial charge in [-0.15, -0.1) is 0 Å². The molecule has 0 radical (unpaired) electrons. The van der Waals surface area contributed by atoms with Gasteiger partial charge in [-0.3, -0.25) is 9.48 Å². The molecule has 2 aromatic carbocycles. The van der Waals surface area contributed by atoms with Crippen LogP contribution in [0.4, 0.5) is 0 Å². The third-order valence-electron chi connectivity index (χ3n) is 5.34. The minimum atomic E-state index is -0.140. The molecule has 0 fully saturated rings. The molecule has 6 nitrogen and oxygen atoms in total. The molecule has 6 heteroatoms. The number of benzene rings is 2. The van der Waals surface area contributed by atoms with Gasteiger partial charge >= 0.3 is 0 Å². The number of fused-ring (bicyclic) bond motifs is 1. The van der Waals surface area contributed by atoms with Crippen molar-refractivity contribution in [2.24, 2.45) is 0 Å². The molecule has 2 aromatic heterocycles. The number of hydrogen-bond donors (Lipinski definition) is 1. The Morgan fingerprint density at radius 2 is 1.81 bits per heavy atom. The summed E-state index contributed by atoms with van der Waals surface area (Å²) in [6.45, 7) is 7.04. The summed E-state index contributed by atoms with van der Waals surface area (Å²) in [5.41, 5.74) is 6.34. The third kappa shape index (κ3) is 4.43. The van der Waals surface area contributed by atoms with E-state index in [4.69, 9.17) is 4.74 Å². The van der Waals surface area contributed by atoms with Crippen molar-refractivity contribution in [3.8, 4) is 5.75 Å². The zero-order valence-corrected chi connectivity index (χ0v) is 18.3. The fraction of sp³-hybridized carbons (Fsp3) is 0.240. The fourth-order valence-corrected chi connectivity index (χ4v) is 3.78. The Bertz CT molecular complexity index is 1260. The first-order valence-electron chi connectivity index (χ1n) is 10.3. The number of nitrogens with zero attached hydrogens (tertiary/aromatic N) is 3. The van der Waals surface area contributed by atoms with Crippen LogP contribution in [0.2, 0.25) is 0 Å². The standard InChI is InChI=1S/C25H26N4O2/c1-16-11-17(2)29(28-16)15-20-8-5-7-19(12-20)14-26-25(30)22-13-21-9-6-10-23(31-4)24(21)27-18(22)3/h5-13H,14-15H2,1-4H3,(H,26,30). The van der Waals surface area contributed by atoms with E-state index in [1.54, 1.807) is 7.11 Å². The monoisotopic (exact) mass is 414 g/mol. The summed E-state index contributed by atoms with van der Waals surface area (Å²) in [5, 5.41) is 8.43. The van der Waals surface area contributed by atoms with Crippen molar-refractivity contribution in [2.75, 3.05) is 7.11 Å². The predicted molar refractivity (Wildman–Crippen MR) is 121 cm³/mol.